The number of aryl methyl sites for hydroxylation is 2. The number of nitrogens with zero attached hydrogens (tertiary/aromatic N) is 5. The van der Waals surface area contributed by atoms with Gasteiger partial charge in [0, 0.05) is 13.6 Å². The molecule has 0 unspecified atom stereocenters. The van der Waals surface area contributed by atoms with Crippen LogP contribution in [-0.4, -0.2) is 35.6 Å². The third kappa shape index (κ3) is 2.23. The summed E-state index contributed by atoms with van der Waals surface area (Å²) >= 11 is 0. The molecule has 0 spiro atoms. The molecule has 2 aromatic heterocycles. The Morgan fingerprint density at radius 1 is 1.53 bits per heavy atom. The van der Waals surface area contributed by atoms with Crippen LogP contribution in [0.15, 0.2) is 12.5 Å². The first-order valence-electron chi connectivity index (χ1n) is 6.30. The highest BCUT2D eigenvalue weighted by atomic mass is 16.4. The minimum absolute atomic E-state index is 0.0144. The summed E-state index contributed by atoms with van der Waals surface area (Å²) in [6.45, 7) is 0.700. The molecule has 1 N–H and O–H groups in total. The summed E-state index contributed by atoms with van der Waals surface area (Å²) in [4.78, 5) is 15.3. The fraction of sp³-hybridized carbons (Fsp3) is 0.500. The molecule has 0 aromatic carbocycles. The van der Waals surface area contributed by atoms with Crippen LogP contribution in [0.4, 0.5) is 0 Å². The van der Waals surface area contributed by atoms with Crippen LogP contribution >= 0.6 is 0 Å². The lowest BCUT2D eigenvalue weighted by atomic mass is 10.2. The van der Waals surface area contributed by atoms with Gasteiger partial charge in [0.2, 0.25) is 0 Å². The third-order valence-electron chi connectivity index (χ3n) is 3.44. The number of carboxylic acids is 1. The van der Waals surface area contributed by atoms with Crippen LogP contribution < -0.4 is 0 Å². The van der Waals surface area contributed by atoms with E-state index < -0.39 is 5.97 Å². The van der Waals surface area contributed by atoms with Crippen molar-refractivity contribution >= 4 is 5.97 Å². The van der Waals surface area contributed by atoms with E-state index in [-0.39, 0.29) is 5.69 Å². The molecule has 1 aliphatic rings. The van der Waals surface area contributed by atoms with Crippen molar-refractivity contribution in [2.24, 2.45) is 13.0 Å². The molecular formula is C12H15N5O2. The Morgan fingerprint density at radius 2 is 2.32 bits per heavy atom. The molecule has 7 nitrogen and oxygen atoms in total. The monoisotopic (exact) mass is 261 g/mol. The molecule has 2 heterocycles. The number of carboxylic acid groups (broad SMARTS) is 1. The van der Waals surface area contributed by atoms with Gasteiger partial charge in [-0.2, -0.15) is 0 Å². The Bertz CT molecular complexity index is 611. The Morgan fingerprint density at radius 3 is 2.89 bits per heavy atom. The predicted molar refractivity (Wildman–Crippen MR) is 66.5 cm³/mol. The van der Waals surface area contributed by atoms with Crippen LogP contribution in [0.25, 0.3) is 11.4 Å². The average Bonchev–Trinajstić information content (AvgIpc) is 2.96. The maximum absolute atomic E-state index is 11.2. The first-order valence-corrected chi connectivity index (χ1v) is 6.30. The van der Waals surface area contributed by atoms with Gasteiger partial charge in [0.15, 0.2) is 5.69 Å². The highest BCUT2D eigenvalue weighted by Crippen LogP contribution is 2.33. The maximum Gasteiger partial charge on any atom is 0.358 e. The maximum atomic E-state index is 11.2. The zero-order valence-electron chi connectivity index (χ0n) is 10.7. The van der Waals surface area contributed by atoms with E-state index in [4.69, 9.17) is 0 Å². The number of aromatic carboxylic acids is 1. The fourth-order valence-electron chi connectivity index (χ4n) is 2.16. The van der Waals surface area contributed by atoms with Gasteiger partial charge in [0.25, 0.3) is 0 Å². The SMILES string of the molecule is Cn1cncc1-c1c(C(=O)O)nnn1CCC1CC1. The first kappa shape index (κ1) is 11.9. The molecule has 0 bridgehead atoms. The summed E-state index contributed by atoms with van der Waals surface area (Å²) in [7, 11) is 1.83. The number of imidazole rings is 1. The van der Waals surface area contributed by atoms with E-state index in [1.165, 1.54) is 12.8 Å². The second-order valence-corrected chi connectivity index (χ2v) is 4.94. The van der Waals surface area contributed by atoms with Crippen LogP contribution in [0.3, 0.4) is 0 Å². The van der Waals surface area contributed by atoms with Gasteiger partial charge in [0.05, 0.1) is 18.2 Å². The number of hydrogen-bond donors (Lipinski definition) is 1. The normalized spacial score (nSPS) is 14.8. The van der Waals surface area contributed by atoms with Gasteiger partial charge in [0.1, 0.15) is 5.69 Å². The minimum atomic E-state index is -1.06. The molecular weight excluding hydrogens is 246 g/mol. The topological polar surface area (TPSA) is 85.8 Å². The Hall–Kier alpha value is -2.18. The molecule has 0 atom stereocenters. The number of hydrogen-bond acceptors (Lipinski definition) is 4. The Kier molecular flexibility index (Phi) is 2.81. The van der Waals surface area contributed by atoms with E-state index in [0.29, 0.717) is 12.2 Å². The van der Waals surface area contributed by atoms with Gasteiger partial charge in [-0.25, -0.2) is 14.5 Å². The van der Waals surface area contributed by atoms with Gasteiger partial charge >= 0.3 is 5.97 Å². The van der Waals surface area contributed by atoms with Gasteiger partial charge in [-0.05, 0) is 12.3 Å². The quantitative estimate of drug-likeness (QED) is 0.873. The molecule has 100 valence electrons. The fourth-order valence-corrected chi connectivity index (χ4v) is 2.16. The number of carbonyl (C=O) groups is 1. The average molecular weight is 261 g/mol. The summed E-state index contributed by atoms with van der Waals surface area (Å²) in [5, 5.41) is 17.0. The van der Waals surface area contributed by atoms with Gasteiger partial charge in [-0.1, -0.05) is 18.1 Å². The lowest BCUT2D eigenvalue weighted by Crippen LogP contribution is -2.07. The van der Waals surface area contributed by atoms with Crippen LogP contribution in [0.5, 0.6) is 0 Å². The second kappa shape index (κ2) is 4.49. The third-order valence-corrected chi connectivity index (χ3v) is 3.44. The molecule has 1 saturated carbocycles. The summed E-state index contributed by atoms with van der Waals surface area (Å²) in [6.07, 6.45) is 6.83. The minimum Gasteiger partial charge on any atom is -0.476 e. The van der Waals surface area contributed by atoms with Gasteiger partial charge < -0.3 is 9.67 Å². The smallest absolute Gasteiger partial charge is 0.358 e. The van der Waals surface area contributed by atoms with Crippen molar-refractivity contribution in [3.8, 4) is 11.4 Å². The summed E-state index contributed by atoms with van der Waals surface area (Å²) < 4.78 is 3.46. The molecule has 3 rings (SSSR count). The van der Waals surface area contributed by atoms with E-state index in [2.05, 4.69) is 15.3 Å². The summed E-state index contributed by atoms with van der Waals surface area (Å²) in [6, 6.07) is 0. The molecule has 7 heteroatoms. The van der Waals surface area contributed by atoms with E-state index >= 15 is 0 Å². The van der Waals surface area contributed by atoms with Crippen molar-refractivity contribution < 1.29 is 9.90 Å². The van der Waals surface area contributed by atoms with E-state index in [9.17, 15) is 9.90 Å². The zero-order chi connectivity index (χ0) is 13.4. The molecule has 0 aliphatic heterocycles. The lowest BCUT2D eigenvalue weighted by Gasteiger charge is -2.07. The predicted octanol–water partition coefficient (Wildman–Crippen LogP) is 1.18. The molecule has 1 fully saturated rings. The van der Waals surface area contributed by atoms with E-state index in [1.807, 2.05) is 7.05 Å². The highest BCUT2D eigenvalue weighted by molar-refractivity contribution is 5.92. The molecule has 1 aliphatic carbocycles. The highest BCUT2D eigenvalue weighted by Gasteiger charge is 2.25. The lowest BCUT2D eigenvalue weighted by molar-refractivity contribution is 0.0691. The molecule has 2 aromatic rings. The molecule has 19 heavy (non-hydrogen) atoms. The van der Waals surface area contributed by atoms with Crippen molar-refractivity contribution in [3.05, 3.63) is 18.2 Å². The van der Waals surface area contributed by atoms with Crippen LogP contribution in [-0.2, 0) is 13.6 Å². The van der Waals surface area contributed by atoms with Gasteiger partial charge in [-0.3, -0.25) is 0 Å². The molecule has 0 radical (unpaired) electrons. The molecule has 0 saturated heterocycles. The zero-order valence-corrected chi connectivity index (χ0v) is 10.7. The van der Waals surface area contributed by atoms with Crippen LogP contribution in [0.2, 0.25) is 0 Å². The largest absolute Gasteiger partial charge is 0.476 e. The Labute approximate surface area is 109 Å². The number of aromatic nitrogens is 5. The Balaban J connectivity index is 1.99. The standard InChI is InChI=1S/C12H15N5O2/c1-16-7-13-6-9(16)11-10(12(18)19)14-15-17(11)5-4-8-2-3-8/h6-8H,2-5H2,1H3,(H,18,19). The van der Waals surface area contributed by atoms with Crippen molar-refractivity contribution in [1.82, 2.24) is 24.5 Å². The van der Waals surface area contributed by atoms with Crippen LogP contribution in [0.1, 0.15) is 29.8 Å². The molecule has 0 amide bonds. The van der Waals surface area contributed by atoms with Crippen molar-refractivity contribution in [1.29, 1.82) is 0 Å². The number of rotatable bonds is 5. The summed E-state index contributed by atoms with van der Waals surface area (Å²) in [5.74, 6) is -0.300. The van der Waals surface area contributed by atoms with E-state index in [1.54, 1.807) is 21.8 Å². The first-order chi connectivity index (χ1) is 9.16. The van der Waals surface area contributed by atoms with E-state index in [0.717, 1.165) is 18.0 Å². The van der Waals surface area contributed by atoms with Crippen molar-refractivity contribution in [2.75, 3.05) is 0 Å². The van der Waals surface area contributed by atoms with Gasteiger partial charge in [-0.15, -0.1) is 5.10 Å². The second-order valence-electron chi connectivity index (χ2n) is 4.94. The van der Waals surface area contributed by atoms with Crippen molar-refractivity contribution in [2.45, 2.75) is 25.8 Å². The summed E-state index contributed by atoms with van der Waals surface area (Å²) in [5.41, 5.74) is 1.24. The van der Waals surface area contributed by atoms with Crippen molar-refractivity contribution in [3.63, 3.8) is 0 Å². The van der Waals surface area contributed by atoms with Crippen LogP contribution in [0, 0.1) is 5.92 Å².